The van der Waals surface area contributed by atoms with Gasteiger partial charge in [-0.25, -0.2) is 0 Å². The van der Waals surface area contributed by atoms with Gasteiger partial charge < -0.3 is 9.67 Å². The molecule has 100 valence electrons. The Morgan fingerprint density at radius 1 is 1.05 bits per heavy atom. The Morgan fingerprint density at radius 3 is 2.55 bits per heavy atom. The SMILES string of the molecule is C=Cc1ccccc1C(O)c1cn(C)c2ccccc12. The second-order valence-corrected chi connectivity index (χ2v) is 4.95. The van der Waals surface area contributed by atoms with Crippen molar-refractivity contribution in [2.24, 2.45) is 7.05 Å². The highest BCUT2D eigenvalue weighted by molar-refractivity contribution is 5.84. The molecule has 1 unspecified atom stereocenters. The van der Waals surface area contributed by atoms with E-state index in [1.54, 1.807) is 6.08 Å². The molecule has 1 heterocycles. The van der Waals surface area contributed by atoms with Gasteiger partial charge in [-0.3, -0.25) is 0 Å². The molecule has 2 nitrogen and oxygen atoms in total. The first-order valence-electron chi connectivity index (χ1n) is 6.65. The second-order valence-electron chi connectivity index (χ2n) is 4.95. The maximum absolute atomic E-state index is 10.8. The summed E-state index contributed by atoms with van der Waals surface area (Å²) in [5.74, 6) is 0. The van der Waals surface area contributed by atoms with Crippen molar-refractivity contribution in [3.63, 3.8) is 0 Å². The van der Waals surface area contributed by atoms with E-state index in [1.165, 1.54) is 0 Å². The van der Waals surface area contributed by atoms with E-state index in [-0.39, 0.29) is 0 Å². The van der Waals surface area contributed by atoms with Gasteiger partial charge >= 0.3 is 0 Å². The minimum atomic E-state index is -0.643. The highest BCUT2D eigenvalue weighted by Gasteiger charge is 2.17. The quantitative estimate of drug-likeness (QED) is 0.761. The second kappa shape index (κ2) is 4.99. The van der Waals surface area contributed by atoms with Gasteiger partial charge in [0.25, 0.3) is 0 Å². The van der Waals surface area contributed by atoms with E-state index in [9.17, 15) is 5.11 Å². The van der Waals surface area contributed by atoms with E-state index in [2.05, 4.69) is 12.6 Å². The molecule has 1 aromatic heterocycles. The van der Waals surface area contributed by atoms with E-state index in [1.807, 2.05) is 60.3 Å². The average Bonchev–Trinajstić information content (AvgIpc) is 2.84. The number of rotatable bonds is 3. The highest BCUT2D eigenvalue weighted by Crippen LogP contribution is 2.31. The van der Waals surface area contributed by atoms with Crippen molar-refractivity contribution in [2.45, 2.75) is 6.10 Å². The van der Waals surface area contributed by atoms with Crippen LogP contribution in [0.4, 0.5) is 0 Å². The van der Waals surface area contributed by atoms with Crippen molar-refractivity contribution >= 4 is 17.0 Å². The first-order chi connectivity index (χ1) is 9.72. The van der Waals surface area contributed by atoms with Crippen molar-refractivity contribution in [1.82, 2.24) is 4.57 Å². The van der Waals surface area contributed by atoms with Crippen molar-refractivity contribution < 1.29 is 5.11 Å². The van der Waals surface area contributed by atoms with E-state index < -0.39 is 6.10 Å². The minimum absolute atomic E-state index is 0.643. The van der Waals surface area contributed by atoms with Crippen LogP contribution in [0.1, 0.15) is 22.8 Å². The molecule has 0 aliphatic heterocycles. The number of hydrogen-bond donors (Lipinski definition) is 1. The van der Waals surface area contributed by atoms with E-state index in [4.69, 9.17) is 0 Å². The van der Waals surface area contributed by atoms with Gasteiger partial charge in [0, 0.05) is 29.7 Å². The molecule has 0 saturated heterocycles. The largest absolute Gasteiger partial charge is 0.384 e. The smallest absolute Gasteiger partial charge is 0.107 e. The first-order valence-corrected chi connectivity index (χ1v) is 6.65. The summed E-state index contributed by atoms with van der Waals surface area (Å²) in [7, 11) is 2.00. The molecule has 1 atom stereocenters. The number of para-hydroxylation sites is 1. The van der Waals surface area contributed by atoms with Crippen molar-refractivity contribution in [3.8, 4) is 0 Å². The molecule has 20 heavy (non-hydrogen) atoms. The molecule has 0 fully saturated rings. The van der Waals surface area contributed by atoms with Crippen LogP contribution in [0.3, 0.4) is 0 Å². The molecule has 0 spiro atoms. The zero-order chi connectivity index (χ0) is 14.1. The van der Waals surface area contributed by atoms with Crippen LogP contribution in [0.5, 0.6) is 0 Å². The fourth-order valence-electron chi connectivity index (χ4n) is 2.70. The van der Waals surface area contributed by atoms with Gasteiger partial charge in [0.15, 0.2) is 0 Å². The normalized spacial score (nSPS) is 12.5. The summed E-state index contributed by atoms with van der Waals surface area (Å²) in [5, 5.41) is 11.8. The summed E-state index contributed by atoms with van der Waals surface area (Å²) in [6.45, 7) is 3.82. The lowest BCUT2D eigenvalue weighted by molar-refractivity contribution is 0.221. The zero-order valence-electron chi connectivity index (χ0n) is 11.5. The maximum Gasteiger partial charge on any atom is 0.107 e. The number of fused-ring (bicyclic) bond motifs is 1. The zero-order valence-corrected chi connectivity index (χ0v) is 11.5. The van der Waals surface area contributed by atoms with Gasteiger partial charge in [-0.2, -0.15) is 0 Å². The number of aliphatic hydroxyl groups excluding tert-OH is 1. The predicted octanol–water partition coefficient (Wildman–Crippen LogP) is 3.90. The van der Waals surface area contributed by atoms with Crippen molar-refractivity contribution in [3.05, 3.63) is 78.0 Å². The molecule has 0 bridgehead atoms. The molecule has 0 aliphatic carbocycles. The van der Waals surface area contributed by atoms with E-state index in [0.29, 0.717) is 0 Å². The summed E-state index contributed by atoms with van der Waals surface area (Å²) in [4.78, 5) is 0. The van der Waals surface area contributed by atoms with Crippen LogP contribution in [-0.4, -0.2) is 9.67 Å². The molecule has 0 aliphatic rings. The number of aryl methyl sites for hydroxylation is 1. The van der Waals surface area contributed by atoms with Crippen LogP contribution in [-0.2, 0) is 7.05 Å². The fourth-order valence-corrected chi connectivity index (χ4v) is 2.70. The summed E-state index contributed by atoms with van der Waals surface area (Å²) >= 11 is 0. The predicted molar refractivity (Wildman–Crippen MR) is 83.5 cm³/mol. The Kier molecular flexibility index (Phi) is 3.17. The Labute approximate surface area is 118 Å². The highest BCUT2D eigenvalue weighted by atomic mass is 16.3. The standard InChI is InChI=1S/C18H17NO/c1-3-13-8-4-5-9-14(13)18(20)16-12-19(2)17-11-7-6-10-15(16)17/h3-12,18,20H,1H2,2H3. The first kappa shape index (κ1) is 12.7. The van der Waals surface area contributed by atoms with Crippen LogP contribution >= 0.6 is 0 Å². The molecular formula is C18H17NO. The molecule has 0 saturated carbocycles. The third-order valence-electron chi connectivity index (χ3n) is 3.73. The topological polar surface area (TPSA) is 25.2 Å². The molecule has 3 rings (SSSR count). The number of aliphatic hydroxyl groups is 1. The summed E-state index contributed by atoms with van der Waals surface area (Å²) < 4.78 is 2.05. The number of benzene rings is 2. The van der Waals surface area contributed by atoms with E-state index in [0.717, 1.165) is 27.6 Å². The van der Waals surface area contributed by atoms with Gasteiger partial charge in [-0.1, -0.05) is 55.1 Å². The number of aromatic nitrogens is 1. The van der Waals surface area contributed by atoms with Crippen molar-refractivity contribution in [1.29, 1.82) is 0 Å². The molecular weight excluding hydrogens is 246 g/mol. The Balaban J connectivity index is 2.18. The van der Waals surface area contributed by atoms with Gasteiger partial charge in [0.2, 0.25) is 0 Å². The molecule has 2 heteroatoms. The molecule has 2 aromatic carbocycles. The average molecular weight is 263 g/mol. The lowest BCUT2D eigenvalue weighted by Crippen LogP contribution is -2.01. The number of hydrogen-bond acceptors (Lipinski definition) is 1. The van der Waals surface area contributed by atoms with Gasteiger partial charge in [0.1, 0.15) is 6.10 Å². The maximum atomic E-state index is 10.8. The Morgan fingerprint density at radius 2 is 1.75 bits per heavy atom. The summed E-state index contributed by atoms with van der Waals surface area (Å²) in [6, 6.07) is 15.9. The molecule has 1 N–H and O–H groups in total. The monoisotopic (exact) mass is 263 g/mol. The van der Waals surface area contributed by atoms with Crippen LogP contribution < -0.4 is 0 Å². The van der Waals surface area contributed by atoms with Gasteiger partial charge in [-0.05, 0) is 17.2 Å². The molecule has 0 amide bonds. The van der Waals surface area contributed by atoms with Crippen LogP contribution in [0.25, 0.3) is 17.0 Å². The lowest BCUT2D eigenvalue weighted by Gasteiger charge is -2.13. The van der Waals surface area contributed by atoms with Crippen LogP contribution in [0, 0.1) is 0 Å². The van der Waals surface area contributed by atoms with Gasteiger partial charge in [-0.15, -0.1) is 0 Å². The minimum Gasteiger partial charge on any atom is -0.384 e. The van der Waals surface area contributed by atoms with Gasteiger partial charge in [0.05, 0.1) is 0 Å². The van der Waals surface area contributed by atoms with Crippen LogP contribution in [0.2, 0.25) is 0 Å². The summed E-state index contributed by atoms with van der Waals surface area (Å²) in [6.07, 6.45) is 3.13. The third kappa shape index (κ3) is 1.95. The van der Waals surface area contributed by atoms with E-state index >= 15 is 0 Å². The number of nitrogens with zero attached hydrogens (tertiary/aromatic N) is 1. The fraction of sp³-hybridized carbons (Fsp3) is 0.111. The molecule has 0 radical (unpaired) electrons. The Bertz CT molecular complexity index is 770. The van der Waals surface area contributed by atoms with Crippen molar-refractivity contribution in [2.75, 3.05) is 0 Å². The third-order valence-corrected chi connectivity index (χ3v) is 3.73. The molecule has 3 aromatic rings. The Hall–Kier alpha value is -2.32. The lowest BCUT2D eigenvalue weighted by atomic mass is 9.96. The summed E-state index contributed by atoms with van der Waals surface area (Å²) in [5.41, 5.74) is 3.90. The van der Waals surface area contributed by atoms with Crippen LogP contribution in [0.15, 0.2) is 61.3 Å².